The van der Waals surface area contributed by atoms with Crippen molar-refractivity contribution in [3.63, 3.8) is 0 Å². The van der Waals surface area contributed by atoms with Gasteiger partial charge in [0.2, 0.25) is 0 Å². The first-order chi connectivity index (χ1) is 12.0. The van der Waals surface area contributed by atoms with Crippen LogP contribution in [0.4, 0.5) is 17.6 Å². The summed E-state index contributed by atoms with van der Waals surface area (Å²) in [6.45, 7) is 0. The Bertz CT molecular complexity index is 879. The zero-order valence-electron chi connectivity index (χ0n) is 13.1. The average Bonchev–Trinajstić information content (AvgIpc) is 2.60. The van der Waals surface area contributed by atoms with Crippen molar-refractivity contribution in [2.24, 2.45) is 0 Å². The Balaban J connectivity index is 2.39. The number of hydrogen-bond acceptors (Lipinski definition) is 0. The van der Waals surface area contributed by atoms with Crippen LogP contribution in [0, 0.1) is 5.82 Å². The first kappa shape index (κ1) is 17.0. The molecule has 0 bridgehead atoms. The van der Waals surface area contributed by atoms with E-state index < -0.39 is 17.6 Å². The second-order valence-electron chi connectivity index (χ2n) is 5.49. The van der Waals surface area contributed by atoms with Crippen LogP contribution in [0.2, 0.25) is 0 Å². The van der Waals surface area contributed by atoms with Crippen molar-refractivity contribution in [2.75, 3.05) is 0 Å². The predicted octanol–water partition coefficient (Wildman–Crippen LogP) is 6.35. The van der Waals surface area contributed by atoms with Gasteiger partial charge in [0, 0.05) is 5.57 Å². The van der Waals surface area contributed by atoms with Crippen molar-refractivity contribution in [1.29, 1.82) is 0 Å². The molecule has 0 aliphatic carbocycles. The number of alkyl halides is 3. The molecule has 0 heterocycles. The lowest BCUT2D eigenvalue weighted by Crippen LogP contribution is -2.14. The Hall–Kier alpha value is -2.88. The van der Waals surface area contributed by atoms with Crippen LogP contribution in [0.25, 0.3) is 11.1 Å². The normalized spacial score (nSPS) is 12.6. The van der Waals surface area contributed by atoms with Crippen LogP contribution < -0.4 is 0 Å². The third-order valence-electron chi connectivity index (χ3n) is 3.77. The second-order valence-corrected chi connectivity index (χ2v) is 5.49. The SMILES string of the molecule is Fc1cccc(/C(=C(\c2ccccc2)C(F)(F)F)c2ccccc2)c1. The highest BCUT2D eigenvalue weighted by Crippen LogP contribution is 2.42. The van der Waals surface area contributed by atoms with Crippen molar-refractivity contribution in [2.45, 2.75) is 6.18 Å². The first-order valence-corrected chi connectivity index (χ1v) is 7.65. The highest BCUT2D eigenvalue weighted by molar-refractivity contribution is 6.00. The highest BCUT2D eigenvalue weighted by Gasteiger charge is 2.38. The zero-order valence-corrected chi connectivity index (χ0v) is 13.1. The molecule has 0 nitrogen and oxygen atoms in total. The molecule has 0 aliphatic rings. The van der Waals surface area contributed by atoms with Crippen LogP contribution >= 0.6 is 0 Å². The van der Waals surface area contributed by atoms with Crippen molar-refractivity contribution in [3.8, 4) is 0 Å². The molecule has 0 atom stereocenters. The summed E-state index contributed by atoms with van der Waals surface area (Å²) in [4.78, 5) is 0. The van der Waals surface area contributed by atoms with E-state index in [4.69, 9.17) is 0 Å². The van der Waals surface area contributed by atoms with Crippen LogP contribution in [0.5, 0.6) is 0 Å². The minimum atomic E-state index is -4.60. The van der Waals surface area contributed by atoms with E-state index in [2.05, 4.69) is 0 Å². The molecule has 3 aromatic carbocycles. The van der Waals surface area contributed by atoms with Crippen LogP contribution in [-0.4, -0.2) is 6.18 Å². The lowest BCUT2D eigenvalue weighted by Gasteiger charge is -2.19. The fourth-order valence-electron chi connectivity index (χ4n) is 2.76. The third-order valence-corrected chi connectivity index (χ3v) is 3.77. The summed E-state index contributed by atoms with van der Waals surface area (Å²) in [5.41, 5.74) is -0.228. The van der Waals surface area contributed by atoms with Gasteiger partial charge in [-0.1, -0.05) is 72.8 Å². The molecule has 25 heavy (non-hydrogen) atoms. The van der Waals surface area contributed by atoms with E-state index in [-0.39, 0.29) is 16.7 Å². The van der Waals surface area contributed by atoms with Gasteiger partial charge >= 0.3 is 6.18 Å². The summed E-state index contributed by atoms with van der Waals surface area (Å²) in [6, 6.07) is 21.0. The summed E-state index contributed by atoms with van der Waals surface area (Å²) in [7, 11) is 0. The molecule has 3 rings (SSSR count). The van der Waals surface area contributed by atoms with Crippen molar-refractivity contribution < 1.29 is 17.6 Å². The van der Waals surface area contributed by atoms with Gasteiger partial charge in [-0.3, -0.25) is 0 Å². The largest absolute Gasteiger partial charge is 0.417 e. The number of rotatable bonds is 3. The molecule has 4 heteroatoms. The zero-order chi connectivity index (χ0) is 17.9. The Labute approximate surface area is 143 Å². The fourth-order valence-corrected chi connectivity index (χ4v) is 2.76. The van der Waals surface area contributed by atoms with Crippen molar-refractivity contribution in [3.05, 3.63) is 107 Å². The maximum Gasteiger partial charge on any atom is 0.417 e. The molecule has 0 saturated carbocycles. The number of halogens is 4. The van der Waals surface area contributed by atoms with E-state index in [1.54, 1.807) is 48.5 Å². The Morgan fingerprint density at radius 3 is 1.64 bits per heavy atom. The Morgan fingerprint density at radius 2 is 1.12 bits per heavy atom. The summed E-state index contributed by atoms with van der Waals surface area (Å²) in [6.07, 6.45) is -4.60. The van der Waals surface area contributed by atoms with Gasteiger partial charge in [0.05, 0.1) is 5.57 Å². The quantitative estimate of drug-likeness (QED) is 0.384. The van der Waals surface area contributed by atoms with Gasteiger partial charge in [0.1, 0.15) is 5.82 Å². The van der Waals surface area contributed by atoms with Crippen LogP contribution in [0.1, 0.15) is 16.7 Å². The van der Waals surface area contributed by atoms with Crippen molar-refractivity contribution in [1.82, 2.24) is 0 Å². The van der Waals surface area contributed by atoms with Gasteiger partial charge < -0.3 is 0 Å². The molecule has 0 unspecified atom stereocenters. The molecule has 0 fully saturated rings. The Morgan fingerprint density at radius 1 is 0.600 bits per heavy atom. The molecule has 0 aromatic heterocycles. The molecule has 126 valence electrons. The minimum Gasteiger partial charge on any atom is -0.207 e. The molecule has 0 radical (unpaired) electrons. The molecular formula is C21H14F4. The molecule has 0 aliphatic heterocycles. The van der Waals surface area contributed by atoms with Gasteiger partial charge in [-0.05, 0) is 28.8 Å². The monoisotopic (exact) mass is 342 g/mol. The highest BCUT2D eigenvalue weighted by atomic mass is 19.4. The van der Waals surface area contributed by atoms with Gasteiger partial charge in [0.15, 0.2) is 0 Å². The van der Waals surface area contributed by atoms with E-state index in [0.717, 1.165) is 6.07 Å². The summed E-state index contributed by atoms with van der Waals surface area (Å²) < 4.78 is 55.6. The first-order valence-electron chi connectivity index (χ1n) is 7.65. The Kier molecular flexibility index (Phi) is 4.70. The number of benzene rings is 3. The summed E-state index contributed by atoms with van der Waals surface area (Å²) in [5.74, 6) is -0.583. The van der Waals surface area contributed by atoms with E-state index in [9.17, 15) is 17.6 Å². The maximum atomic E-state index is 14.0. The average molecular weight is 342 g/mol. The van der Waals surface area contributed by atoms with Crippen molar-refractivity contribution >= 4 is 11.1 Å². The molecule has 0 N–H and O–H groups in total. The maximum absolute atomic E-state index is 14.0. The second kappa shape index (κ2) is 6.93. The van der Waals surface area contributed by atoms with Gasteiger partial charge in [0.25, 0.3) is 0 Å². The molecule has 0 amide bonds. The summed E-state index contributed by atoms with van der Waals surface area (Å²) in [5, 5.41) is 0. The van der Waals surface area contributed by atoms with E-state index >= 15 is 0 Å². The van der Waals surface area contributed by atoms with Crippen LogP contribution in [-0.2, 0) is 0 Å². The van der Waals surface area contributed by atoms with Crippen LogP contribution in [0.15, 0.2) is 84.9 Å². The standard InChI is InChI=1S/C21H14F4/c22-18-13-7-12-17(14-18)19(15-8-3-1-4-9-15)20(21(23,24)25)16-10-5-2-6-11-16/h1-14H/b20-19+. The van der Waals surface area contributed by atoms with Gasteiger partial charge in [-0.2, -0.15) is 13.2 Å². The smallest absolute Gasteiger partial charge is 0.207 e. The van der Waals surface area contributed by atoms with E-state index in [0.29, 0.717) is 5.56 Å². The lowest BCUT2D eigenvalue weighted by molar-refractivity contribution is -0.0685. The minimum absolute atomic E-state index is 0.0399. The van der Waals surface area contributed by atoms with Gasteiger partial charge in [-0.15, -0.1) is 0 Å². The molecule has 0 saturated heterocycles. The number of allylic oxidation sites excluding steroid dienone is 1. The lowest BCUT2D eigenvalue weighted by atomic mass is 9.89. The molecule has 3 aromatic rings. The summed E-state index contributed by atoms with van der Waals surface area (Å²) >= 11 is 0. The topological polar surface area (TPSA) is 0 Å². The fraction of sp³-hybridized carbons (Fsp3) is 0.0476. The molecule has 0 spiro atoms. The van der Waals surface area contributed by atoms with E-state index in [1.165, 1.54) is 30.3 Å². The molecular weight excluding hydrogens is 328 g/mol. The third kappa shape index (κ3) is 3.79. The van der Waals surface area contributed by atoms with E-state index in [1.807, 2.05) is 0 Å². The number of hydrogen-bond donors (Lipinski definition) is 0. The van der Waals surface area contributed by atoms with Crippen LogP contribution in [0.3, 0.4) is 0 Å². The van der Waals surface area contributed by atoms with Gasteiger partial charge in [-0.25, -0.2) is 4.39 Å². The predicted molar refractivity (Wildman–Crippen MR) is 91.3 cm³/mol.